The summed E-state index contributed by atoms with van der Waals surface area (Å²) in [7, 11) is 0. The zero-order chi connectivity index (χ0) is 7.11. The number of carboxylic acids is 1. The molecule has 0 rings (SSSR count). The molecule has 0 fully saturated rings. The molecule has 0 radical (unpaired) electrons. The first kappa shape index (κ1) is 12.7. The Bertz CT molecular complexity index is 87.8. The molecule has 0 spiro atoms. The third kappa shape index (κ3) is 10.9. The summed E-state index contributed by atoms with van der Waals surface area (Å²) in [6.07, 6.45) is 2.91. The summed E-state index contributed by atoms with van der Waals surface area (Å²) in [5.41, 5.74) is 5.20. The van der Waals surface area contributed by atoms with Gasteiger partial charge in [-0.05, 0) is 19.4 Å². The van der Waals surface area contributed by atoms with Gasteiger partial charge in [0.05, 0.1) is 0 Å². The van der Waals surface area contributed by atoms with Crippen LogP contribution in [-0.4, -0.2) is 36.5 Å². The Morgan fingerprint density at radius 1 is 1.30 bits per heavy atom. The van der Waals surface area contributed by atoms with E-state index in [1.54, 1.807) is 0 Å². The summed E-state index contributed by atoms with van der Waals surface area (Å²) in [5.74, 6) is -0.716. The van der Waals surface area contributed by atoms with Gasteiger partial charge in [-0.3, -0.25) is 4.79 Å². The van der Waals surface area contributed by atoms with Crippen LogP contribution in [0.25, 0.3) is 0 Å². The minimum absolute atomic E-state index is 0. The number of hydrogen-bond donors (Lipinski definition) is 2. The van der Waals surface area contributed by atoms with Crippen LogP contribution in [0.3, 0.4) is 0 Å². The number of rotatable bonds is 5. The van der Waals surface area contributed by atoms with E-state index in [-0.39, 0.29) is 25.3 Å². The second-order valence-corrected chi connectivity index (χ2v) is 1.99. The van der Waals surface area contributed by atoms with E-state index in [0.717, 1.165) is 19.3 Å². The number of carboxylic acid groups (broad SMARTS) is 1. The van der Waals surface area contributed by atoms with E-state index >= 15 is 0 Å². The van der Waals surface area contributed by atoms with E-state index in [0.29, 0.717) is 6.54 Å². The molecule has 56 valence electrons. The summed E-state index contributed by atoms with van der Waals surface area (Å²) in [5, 5.41) is 8.18. The van der Waals surface area contributed by atoms with Crippen molar-refractivity contribution in [2.45, 2.75) is 25.7 Å². The van der Waals surface area contributed by atoms with Crippen molar-refractivity contribution in [2.24, 2.45) is 5.73 Å². The van der Waals surface area contributed by atoms with Gasteiger partial charge in [-0.1, -0.05) is 6.42 Å². The summed E-state index contributed by atoms with van der Waals surface area (Å²) >= 11 is 0. The van der Waals surface area contributed by atoms with E-state index in [1.807, 2.05) is 0 Å². The Morgan fingerprint density at radius 2 is 1.90 bits per heavy atom. The van der Waals surface area contributed by atoms with Crippen LogP contribution >= 0.6 is 0 Å². The van der Waals surface area contributed by atoms with Crippen molar-refractivity contribution in [3.8, 4) is 0 Å². The molecule has 0 atom stereocenters. The average Bonchev–Trinajstić information content (AvgIpc) is 1.80. The maximum absolute atomic E-state index is 9.93. The van der Waals surface area contributed by atoms with Crippen LogP contribution in [0.1, 0.15) is 25.7 Å². The maximum atomic E-state index is 9.93. The third-order valence-electron chi connectivity index (χ3n) is 1.09. The van der Waals surface area contributed by atoms with Gasteiger partial charge in [0.15, 0.2) is 0 Å². The number of nitrogens with two attached hydrogens (primary N) is 1. The molecule has 0 unspecified atom stereocenters. The van der Waals surface area contributed by atoms with Gasteiger partial charge < -0.3 is 10.8 Å². The molecule has 3 N–H and O–H groups in total. The molecule has 0 heterocycles. The fourth-order valence-electron chi connectivity index (χ4n) is 0.597. The van der Waals surface area contributed by atoms with E-state index in [1.165, 1.54) is 0 Å². The van der Waals surface area contributed by atoms with E-state index in [2.05, 4.69) is 0 Å². The van der Waals surface area contributed by atoms with Gasteiger partial charge in [-0.2, -0.15) is 0 Å². The molecule has 0 aliphatic heterocycles. The van der Waals surface area contributed by atoms with Gasteiger partial charge in [0.2, 0.25) is 0 Å². The molecular formula is C6H14LiNO2. The van der Waals surface area contributed by atoms with Crippen LogP contribution in [0.4, 0.5) is 0 Å². The van der Waals surface area contributed by atoms with E-state index in [4.69, 9.17) is 10.8 Å². The van der Waals surface area contributed by atoms with Crippen molar-refractivity contribution in [1.29, 1.82) is 0 Å². The Balaban J connectivity index is 0. The second-order valence-electron chi connectivity index (χ2n) is 1.99. The van der Waals surface area contributed by atoms with Crippen LogP contribution < -0.4 is 5.73 Å². The summed E-state index contributed by atoms with van der Waals surface area (Å²) in [4.78, 5) is 9.93. The van der Waals surface area contributed by atoms with Crippen molar-refractivity contribution in [3.63, 3.8) is 0 Å². The molecule has 0 aliphatic rings. The fraction of sp³-hybridized carbons (Fsp3) is 0.833. The Morgan fingerprint density at radius 3 is 2.30 bits per heavy atom. The van der Waals surface area contributed by atoms with Gasteiger partial charge in [-0.15, -0.1) is 0 Å². The Kier molecular flexibility index (Phi) is 11.4. The topological polar surface area (TPSA) is 63.3 Å². The quantitative estimate of drug-likeness (QED) is 0.414. The van der Waals surface area contributed by atoms with Gasteiger partial charge in [0.25, 0.3) is 0 Å². The molecule has 0 bridgehead atoms. The van der Waals surface area contributed by atoms with Crippen molar-refractivity contribution in [2.75, 3.05) is 6.54 Å². The second kappa shape index (κ2) is 9.03. The molecule has 0 amide bonds. The number of unbranched alkanes of at least 4 members (excludes halogenated alkanes) is 2. The van der Waals surface area contributed by atoms with Crippen LogP contribution in [0, 0.1) is 0 Å². The molecule has 0 aliphatic carbocycles. The minimum atomic E-state index is -0.716. The molecule has 0 aromatic rings. The third-order valence-corrected chi connectivity index (χ3v) is 1.09. The SMILES string of the molecule is NCCCCCC(=O)O.[LiH]. The van der Waals surface area contributed by atoms with Gasteiger partial charge >= 0.3 is 24.8 Å². The van der Waals surface area contributed by atoms with Crippen molar-refractivity contribution < 1.29 is 9.90 Å². The number of carbonyl (C=O) groups is 1. The molecule has 0 aromatic heterocycles. The predicted octanol–water partition coefficient (Wildman–Crippen LogP) is -0.0584. The molecule has 10 heavy (non-hydrogen) atoms. The van der Waals surface area contributed by atoms with Crippen LogP contribution in [-0.2, 0) is 4.79 Å². The first-order valence-corrected chi connectivity index (χ1v) is 3.19. The summed E-state index contributed by atoms with van der Waals surface area (Å²) in [6, 6.07) is 0. The van der Waals surface area contributed by atoms with Gasteiger partial charge in [0.1, 0.15) is 0 Å². The van der Waals surface area contributed by atoms with Crippen LogP contribution in [0.15, 0.2) is 0 Å². The van der Waals surface area contributed by atoms with Gasteiger partial charge in [0, 0.05) is 6.42 Å². The van der Waals surface area contributed by atoms with Gasteiger partial charge in [-0.25, -0.2) is 0 Å². The van der Waals surface area contributed by atoms with Crippen LogP contribution in [0.2, 0.25) is 0 Å². The Labute approximate surface area is 73.2 Å². The molecular weight excluding hydrogens is 125 g/mol. The predicted molar refractivity (Wildman–Crippen MR) is 42.3 cm³/mol. The first-order valence-electron chi connectivity index (χ1n) is 3.19. The first-order chi connectivity index (χ1) is 4.27. The van der Waals surface area contributed by atoms with Crippen molar-refractivity contribution in [3.05, 3.63) is 0 Å². The summed E-state index contributed by atoms with van der Waals surface area (Å²) < 4.78 is 0. The molecule has 0 saturated heterocycles. The molecule has 3 nitrogen and oxygen atoms in total. The zero-order valence-corrected chi connectivity index (χ0v) is 5.47. The number of aliphatic carboxylic acids is 1. The fourth-order valence-corrected chi connectivity index (χ4v) is 0.597. The van der Waals surface area contributed by atoms with Crippen molar-refractivity contribution >= 4 is 24.8 Å². The molecule has 0 aromatic carbocycles. The monoisotopic (exact) mass is 139 g/mol. The van der Waals surface area contributed by atoms with E-state index < -0.39 is 5.97 Å². The normalized spacial score (nSPS) is 8.50. The summed E-state index contributed by atoms with van der Waals surface area (Å²) in [6.45, 7) is 0.666. The average molecular weight is 139 g/mol. The molecule has 4 heteroatoms. The number of hydrogen-bond acceptors (Lipinski definition) is 2. The van der Waals surface area contributed by atoms with Crippen molar-refractivity contribution in [1.82, 2.24) is 0 Å². The Hall–Kier alpha value is 0.0274. The zero-order valence-electron chi connectivity index (χ0n) is 5.47. The van der Waals surface area contributed by atoms with Crippen LogP contribution in [0.5, 0.6) is 0 Å². The molecule has 0 saturated carbocycles. The standard InChI is InChI=1S/C6H13NO2.Li.H/c7-5-3-1-2-4-6(8)9;;/h1-5,7H2,(H,8,9);;. The van der Waals surface area contributed by atoms with E-state index in [9.17, 15) is 4.79 Å².